The Balaban J connectivity index is 2.05. The SMILES string of the molecule is COc1c(N)ccc2c1c(-c1ccc3ccccc3c1)n[n]2[Tl]. The van der Waals surface area contributed by atoms with Gasteiger partial charge in [0.25, 0.3) is 0 Å². The molecule has 0 spiro atoms. The summed E-state index contributed by atoms with van der Waals surface area (Å²) >= 11 is 0.574. The summed E-state index contributed by atoms with van der Waals surface area (Å²) in [5.74, 6) is 0.706. The number of hydrogen-bond donors (Lipinski definition) is 1. The summed E-state index contributed by atoms with van der Waals surface area (Å²) < 4.78 is 7.59. The number of nitrogen functional groups attached to an aromatic ring is 1. The van der Waals surface area contributed by atoms with Gasteiger partial charge in [-0.25, -0.2) is 0 Å². The fraction of sp³-hybridized carbons (Fsp3) is 0.0556. The van der Waals surface area contributed by atoms with Gasteiger partial charge in [0.15, 0.2) is 0 Å². The molecule has 0 aliphatic carbocycles. The van der Waals surface area contributed by atoms with Crippen molar-refractivity contribution in [1.82, 2.24) is 7.59 Å². The zero-order valence-electron chi connectivity index (χ0n) is 12.7. The summed E-state index contributed by atoms with van der Waals surface area (Å²) in [7, 11) is 1.65. The van der Waals surface area contributed by atoms with Gasteiger partial charge in [-0.1, -0.05) is 0 Å². The molecule has 4 rings (SSSR count). The number of benzene rings is 3. The molecule has 0 atom stereocenters. The van der Waals surface area contributed by atoms with Gasteiger partial charge >= 0.3 is 150 Å². The first-order chi connectivity index (χ1) is 11.2. The summed E-state index contributed by atoms with van der Waals surface area (Å²) in [6, 6.07) is 18.6. The topological polar surface area (TPSA) is 53.1 Å². The predicted molar refractivity (Wildman–Crippen MR) is 94.8 cm³/mol. The number of hydrogen-bond acceptors (Lipinski definition) is 3. The van der Waals surface area contributed by atoms with Crippen LogP contribution in [0.15, 0.2) is 54.6 Å². The summed E-state index contributed by atoms with van der Waals surface area (Å²) in [6.45, 7) is 0. The fourth-order valence-electron chi connectivity index (χ4n) is 2.98. The zero-order chi connectivity index (χ0) is 16.0. The number of nitrogens with two attached hydrogens (primary N) is 1. The van der Waals surface area contributed by atoms with Crippen LogP contribution in [-0.2, 0) is 0 Å². The van der Waals surface area contributed by atoms with Gasteiger partial charge in [-0.2, -0.15) is 0 Å². The number of nitrogens with zero attached hydrogens (tertiary/aromatic N) is 2. The van der Waals surface area contributed by atoms with Crippen molar-refractivity contribution in [2.24, 2.45) is 0 Å². The van der Waals surface area contributed by atoms with E-state index in [1.54, 1.807) is 7.11 Å². The van der Waals surface area contributed by atoms with Crippen LogP contribution in [0.1, 0.15) is 0 Å². The minimum atomic E-state index is 0.574. The number of anilines is 1. The summed E-state index contributed by atoms with van der Waals surface area (Å²) in [5.41, 5.74) is 9.82. The van der Waals surface area contributed by atoms with Crippen LogP contribution in [0.4, 0.5) is 5.69 Å². The molecule has 5 heteroatoms. The van der Waals surface area contributed by atoms with Crippen LogP contribution in [0.25, 0.3) is 32.9 Å². The van der Waals surface area contributed by atoms with Crippen LogP contribution in [0.3, 0.4) is 0 Å². The molecule has 0 aliphatic rings. The third kappa shape index (κ3) is 2.28. The van der Waals surface area contributed by atoms with E-state index >= 15 is 0 Å². The molecule has 2 N–H and O–H groups in total. The van der Waals surface area contributed by atoms with E-state index in [0.29, 0.717) is 37.5 Å². The molecule has 110 valence electrons. The third-order valence-corrected chi connectivity index (χ3v) is 5.61. The maximum absolute atomic E-state index is 6.10. The monoisotopic (exact) mass is 493 g/mol. The molecule has 0 bridgehead atoms. The Bertz CT molecular complexity index is 1040. The summed E-state index contributed by atoms with van der Waals surface area (Å²) in [4.78, 5) is 0. The van der Waals surface area contributed by atoms with E-state index in [4.69, 9.17) is 15.6 Å². The number of ether oxygens (including phenoxy) is 1. The number of methoxy groups -OCH3 is 1. The maximum atomic E-state index is 6.10. The van der Waals surface area contributed by atoms with E-state index in [0.717, 1.165) is 22.2 Å². The molecule has 0 unspecified atom stereocenters. The zero-order valence-corrected chi connectivity index (χ0v) is 17.1. The van der Waals surface area contributed by atoms with Gasteiger partial charge < -0.3 is 0 Å². The first-order valence-electron chi connectivity index (χ1n) is 7.28. The second-order valence-corrected chi connectivity index (χ2v) is 7.34. The fourth-order valence-corrected chi connectivity index (χ4v) is 4.26. The molecule has 0 aliphatic heterocycles. The van der Waals surface area contributed by atoms with Gasteiger partial charge in [0.05, 0.1) is 0 Å². The molecule has 0 saturated heterocycles. The van der Waals surface area contributed by atoms with Crippen molar-refractivity contribution >= 4 is 53.4 Å². The molecule has 0 fully saturated rings. The molecular weight excluding hydrogens is 479 g/mol. The van der Waals surface area contributed by atoms with Crippen LogP contribution in [-0.4, -0.2) is 40.8 Å². The van der Waals surface area contributed by atoms with Crippen molar-refractivity contribution in [1.29, 1.82) is 0 Å². The van der Waals surface area contributed by atoms with E-state index in [9.17, 15) is 0 Å². The van der Waals surface area contributed by atoms with Crippen molar-refractivity contribution in [2.45, 2.75) is 0 Å². The average Bonchev–Trinajstić information content (AvgIpc) is 2.91. The van der Waals surface area contributed by atoms with E-state index in [1.165, 1.54) is 10.8 Å². The molecule has 23 heavy (non-hydrogen) atoms. The Morgan fingerprint density at radius 1 is 1.04 bits per heavy atom. The van der Waals surface area contributed by atoms with E-state index in [-0.39, 0.29) is 0 Å². The van der Waals surface area contributed by atoms with Crippen molar-refractivity contribution in [2.75, 3.05) is 12.8 Å². The van der Waals surface area contributed by atoms with E-state index < -0.39 is 0 Å². The Labute approximate surface area is 150 Å². The van der Waals surface area contributed by atoms with Gasteiger partial charge in [-0.15, -0.1) is 0 Å². The molecule has 1 aromatic heterocycles. The van der Waals surface area contributed by atoms with Gasteiger partial charge in [0.1, 0.15) is 0 Å². The normalized spacial score (nSPS) is 11.1. The molecule has 4 nitrogen and oxygen atoms in total. The van der Waals surface area contributed by atoms with Gasteiger partial charge in [0, 0.05) is 0 Å². The van der Waals surface area contributed by atoms with Crippen molar-refractivity contribution in [3.05, 3.63) is 54.6 Å². The molecule has 1 heterocycles. The number of fused-ring (bicyclic) bond motifs is 2. The van der Waals surface area contributed by atoms with Gasteiger partial charge in [-0.05, 0) is 0 Å². The van der Waals surface area contributed by atoms with Crippen LogP contribution < -0.4 is 10.5 Å². The van der Waals surface area contributed by atoms with Crippen molar-refractivity contribution in [3.63, 3.8) is 0 Å². The van der Waals surface area contributed by atoms with Crippen LogP contribution in [0, 0.1) is 0 Å². The Kier molecular flexibility index (Phi) is 3.48. The Morgan fingerprint density at radius 3 is 2.61 bits per heavy atom. The molecule has 4 aromatic rings. The molecule has 0 saturated carbocycles. The van der Waals surface area contributed by atoms with Gasteiger partial charge in [0.2, 0.25) is 0 Å². The first kappa shape index (κ1) is 14.5. The standard InChI is InChI=1S/C18H14N3O.Tl/c1-22-18-14(19)8-9-15-16(18)17(21-20-15)13-7-6-11-4-2-3-5-12(11)10-13;/h2-10H,19H2,1H3;/q-1;+1. The Hall–Kier alpha value is -2.09. The van der Waals surface area contributed by atoms with Crippen molar-refractivity contribution < 1.29 is 4.74 Å². The Morgan fingerprint density at radius 2 is 1.83 bits per heavy atom. The van der Waals surface area contributed by atoms with Crippen molar-refractivity contribution in [3.8, 4) is 17.0 Å². The third-order valence-electron chi connectivity index (χ3n) is 4.08. The predicted octanol–water partition coefficient (Wildman–Crippen LogP) is 3.38. The number of rotatable bonds is 2. The van der Waals surface area contributed by atoms with Crippen LogP contribution >= 0.6 is 0 Å². The second kappa shape index (κ2) is 5.52. The molecular formula is C18H14N3OTl. The molecule has 0 amide bonds. The summed E-state index contributed by atoms with van der Waals surface area (Å²) in [6.07, 6.45) is 0. The second-order valence-electron chi connectivity index (χ2n) is 5.44. The summed E-state index contributed by atoms with van der Waals surface area (Å²) in [5, 5.41) is 8.18. The first-order valence-corrected chi connectivity index (χ1v) is 9.29. The van der Waals surface area contributed by atoms with Gasteiger partial charge in [-0.3, -0.25) is 0 Å². The minimum absolute atomic E-state index is 0.574. The quantitative estimate of drug-likeness (QED) is 0.345. The molecule has 3 aromatic carbocycles. The molecule has 0 radical (unpaired) electrons. The van der Waals surface area contributed by atoms with Crippen LogP contribution in [0.2, 0.25) is 0 Å². The average molecular weight is 493 g/mol. The number of aromatic nitrogens is 2. The van der Waals surface area contributed by atoms with E-state index in [2.05, 4.69) is 42.5 Å². The van der Waals surface area contributed by atoms with E-state index in [1.807, 2.05) is 14.6 Å². The van der Waals surface area contributed by atoms with Crippen LogP contribution in [0.5, 0.6) is 5.75 Å².